The molecule has 0 saturated carbocycles. The van der Waals surface area contributed by atoms with Crippen LogP contribution < -0.4 is 21.9 Å². The fourth-order valence-electron chi connectivity index (χ4n) is 6.84. The number of hydrogen-bond acceptors (Lipinski definition) is 6. The number of hydroxylamine groups is 4. The highest BCUT2D eigenvalue weighted by molar-refractivity contribution is 6.04. The lowest BCUT2D eigenvalue weighted by Crippen LogP contribution is -2.51. The summed E-state index contributed by atoms with van der Waals surface area (Å²) in [4.78, 5) is 0. The van der Waals surface area contributed by atoms with Gasteiger partial charge in [0.25, 0.3) is 0 Å². The molecule has 3 aromatic rings. The average molecular weight is 519 g/mol. The molecule has 0 radical (unpaired) electrons. The van der Waals surface area contributed by atoms with Gasteiger partial charge in [-0.25, -0.2) is 0 Å². The third-order valence-corrected chi connectivity index (χ3v) is 8.32. The normalized spacial score (nSPS) is 26.8. The Labute approximate surface area is 227 Å². The van der Waals surface area contributed by atoms with Crippen LogP contribution >= 0.6 is 0 Å². The zero-order chi connectivity index (χ0) is 28.2. The van der Waals surface area contributed by atoms with Gasteiger partial charge in [0, 0.05) is 34.5 Å². The lowest BCUT2D eigenvalue weighted by Gasteiger charge is -2.44. The lowest BCUT2D eigenvalue weighted by molar-refractivity contribution is -0.193. The zero-order valence-corrected chi connectivity index (χ0v) is 24.4. The van der Waals surface area contributed by atoms with Crippen molar-refractivity contribution in [1.82, 2.24) is 10.1 Å². The fourth-order valence-corrected chi connectivity index (χ4v) is 6.84. The molecule has 6 N–H and O–H groups in total. The number of nitrogens with zero attached hydrogens (tertiary/aromatic N) is 2. The van der Waals surface area contributed by atoms with Gasteiger partial charge in [-0.15, -0.1) is 0 Å². The number of benzene rings is 3. The van der Waals surface area contributed by atoms with Crippen molar-refractivity contribution in [3.63, 3.8) is 0 Å². The highest BCUT2D eigenvalue weighted by Gasteiger charge is 2.38. The Morgan fingerprint density at radius 1 is 0.658 bits per heavy atom. The molecule has 0 amide bonds. The first-order valence-electron chi connectivity index (χ1n) is 14.0. The molecule has 2 unspecified atom stereocenters. The number of piperidine rings is 2. The molecule has 3 aromatic carbocycles. The quantitative estimate of drug-likeness (QED) is 0.222. The van der Waals surface area contributed by atoms with E-state index in [-0.39, 0.29) is 23.2 Å². The number of hydrogen-bond donors (Lipinski definition) is 4. The van der Waals surface area contributed by atoms with E-state index in [2.05, 4.69) is 65.8 Å². The molecule has 0 spiro atoms. The Balaban J connectivity index is 0.00000164. The van der Waals surface area contributed by atoms with Gasteiger partial charge >= 0.3 is 0 Å². The molecule has 0 bridgehead atoms. The first kappa shape index (κ1) is 28.4. The van der Waals surface area contributed by atoms with Crippen LogP contribution in [0.1, 0.15) is 81.1 Å². The minimum absolute atomic E-state index is 0.00766. The van der Waals surface area contributed by atoms with Crippen LogP contribution in [0.4, 0.5) is 11.4 Å². The second-order valence-corrected chi connectivity index (χ2v) is 12.3. The van der Waals surface area contributed by atoms with E-state index in [1.165, 1.54) is 42.5 Å². The van der Waals surface area contributed by atoms with Gasteiger partial charge < -0.3 is 21.9 Å². The van der Waals surface area contributed by atoms with Crippen molar-refractivity contribution in [3.8, 4) is 0 Å². The van der Waals surface area contributed by atoms with E-state index in [1.54, 1.807) is 0 Å². The predicted octanol–water partition coefficient (Wildman–Crippen LogP) is 5.79. The maximum Gasteiger partial charge on any atom is 0.0444 e. The van der Waals surface area contributed by atoms with Gasteiger partial charge in [-0.3, -0.25) is 0 Å². The average Bonchev–Trinajstić information content (AvgIpc) is 2.84. The minimum Gasteiger partial charge on any atom is -0.399 e. The lowest BCUT2D eigenvalue weighted by atomic mass is 9.80. The van der Waals surface area contributed by atoms with Crippen molar-refractivity contribution in [1.29, 1.82) is 0 Å². The smallest absolute Gasteiger partial charge is 0.0444 e. The third kappa shape index (κ3) is 4.79. The van der Waals surface area contributed by atoms with E-state index in [4.69, 9.17) is 11.5 Å². The van der Waals surface area contributed by atoms with Crippen LogP contribution in [-0.4, -0.2) is 43.7 Å². The van der Waals surface area contributed by atoms with Gasteiger partial charge in [-0.1, -0.05) is 37.1 Å². The third-order valence-electron chi connectivity index (χ3n) is 8.32. The molecule has 6 heteroatoms. The van der Waals surface area contributed by atoms with Gasteiger partial charge in [0.1, 0.15) is 0 Å². The van der Waals surface area contributed by atoms with Crippen molar-refractivity contribution in [2.75, 3.05) is 11.5 Å². The maximum atomic E-state index is 10.7. The number of rotatable bonds is 0. The summed E-state index contributed by atoms with van der Waals surface area (Å²) in [5.41, 5.74) is 16.2. The Kier molecular flexibility index (Phi) is 7.58. The predicted molar refractivity (Wildman–Crippen MR) is 160 cm³/mol. The SMILES string of the molecule is CC.CC1C/C(=c2\c3ccc(N)cc3/c(=C3/CC(C)N(O)C(C)(C)C3)c3ccc(N)cc23)CC(C)(C)N1O. The topological polar surface area (TPSA) is 99.0 Å². The molecule has 5 rings (SSSR count). The molecule has 2 fully saturated rings. The molecule has 2 heterocycles. The van der Waals surface area contributed by atoms with Gasteiger partial charge in [0.05, 0.1) is 0 Å². The van der Waals surface area contributed by atoms with E-state index < -0.39 is 0 Å². The molecule has 38 heavy (non-hydrogen) atoms. The van der Waals surface area contributed by atoms with Crippen molar-refractivity contribution in [3.05, 3.63) is 46.8 Å². The summed E-state index contributed by atoms with van der Waals surface area (Å²) in [6.45, 7) is 16.5. The Hall–Kier alpha value is -2.64. The molecular weight excluding hydrogens is 472 g/mol. The van der Waals surface area contributed by atoms with Gasteiger partial charge in [-0.05, 0) is 123 Å². The monoisotopic (exact) mass is 518 g/mol. The Morgan fingerprint density at radius 3 is 1.32 bits per heavy atom. The summed E-state index contributed by atoms with van der Waals surface area (Å²) in [6, 6.07) is 12.5. The van der Waals surface area contributed by atoms with E-state index in [9.17, 15) is 10.4 Å². The van der Waals surface area contributed by atoms with Gasteiger partial charge in [0.15, 0.2) is 0 Å². The number of anilines is 2. The fraction of sp³-hybridized carbons (Fsp3) is 0.500. The van der Waals surface area contributed by atoms with Crippen molar-refractivity contribution < 1.29 is 10.4 Å². The van der Waals surface area contributed by atoms with Crippen LogP contribution in [0.15, 0.2) is 36.4 Å². The van der Waals surface area contributed by atoms with E-state index in [0.29, 0.717) is 0 Å². The van der Waals surface area contributed by atoms with Crippen LogP contribution in [0.5, 0.6) is 0 Å². The number of nitrogen functional groups attached to an aromatic ring is 2. The molecule has 6 nitrogen and oxygen atoms in total. The summed E-state index contributed by atoms with van der Waals surface area (Å²) < 4.78 is 0. The number of nitrogens with two attached hydrogens (primary N) is 2. The second kappa shape index (κ2) is 10.2. The van der Waals surface area contributed by atoms with Gasteiger partial charge in [0.2, 0.25) is 0 Å². The van der Waals surface area contributed by atoms with Crippen molar-refractivity contribution in [2.45, 2.75) is 104 Å². The first-order valence-corrected chi connectivity index (χ1v) is 14.0. The van der Waals surface area contributed by atoms with Crippen molar-refractivity contribution in [2.24, 2.45) is 0 Å². The highest BCUT2D eigenvalue weighted by atomic mass is 16.5. The summed E-state index contributed by atoms with van der Waals surface area (Å²) >= 11 is 0. The standard InChI is InChI=1S/C30H40N4O2.C2H6/c1-17-11-19(15-29(3,4)33(17)35)27-23-9-7-22(32)14-26(23)28(24-10-8-21(31)13-25(24)27)20-12-18(2)34(36)30(5,6)16-20;1-2/h7-10,13-14,17-18,35-36H,11-12,15-16,31-32H2,1-6H3;1-2H3/b27-19-,28-20-;. The summed E-state index contributed by atoms with van der Waals surface area (Å²) in [7, 11) is 0. The van der Waals surface area contributed by atoms with Crippen LogP contribution in [0, 0.1) is 0 Å². The van der Waals surface area contributed by atoms with E-state index >= 15 is 0 Å². The molecule has 2 saturated heterocycles. The first-order chi connectivity index (χ1) is 17.8. The van der Waals surface area contributed by atoms with Crippen LogP contribution in [0.25, 0.3) is 32.7 Å². The molecule has 0 aromatic heterocycles. The van der Waals surface area contributed by atoms with E-state index in [1.807, 2.05) is 26.0 Å². The molecule has 2 aliphatic heterocycles. The van der Waals surface area contributed by atoms with Crippen molar-refractivity contribution >= 4 is 44.1 Å². The molecular formula is C32H46N4O2. The molecule has 206 valence electrons. The molecule has 0 aliphatic carbocycles. The maximum absolute atomic E-state index is 10.7. The second-order valence-electron chi connectivity index (χ2n) is 12.3. The summed E-state index contributed by atoms with van der Waals surface area (Å²) in [5, 5.41) is 31.6. The Bertz CT molecular complexity index is 1380. The summed E-state index contributed by atoms with van der Waals surface area (Å²) in [5.74, 6) is 0. The highest BCUT2D eigenvalue weighted by Crippen LogP contribution is 2.37. The van der Waals surface area contributed by atoms with Gasteiger partial charge in [-0.2, -0.15) is 10.1 Å². The van der Waals surface area contributed by atoms with Crippen LogP contribution in [0.3, 0.4) is 0 Å². The summed E-state index contributed by atoms with van der Waals surface area (Å²) in [6.07, 6.45) is 3.08. The van der Waals surface area contributed by atoms with Crippen LogP contribution in [0.2, 0.25) is 0 Å². The largest absolute Gasteiger partial charge is 0.399 e. The van der Waals surface area contributed by atoms with E-state index in [0.717, 1.165) is 47.8 Å². The molecule has 2 atom stereocenters. The Morgan fingerprint density at radius 2 is 1.00 bits per heavy atom. The van der Waals surface area contributed by atoms with Crippen LogP contribution in [-0.2, 0) is 0 Å². The zero-order valence-electron chi connectivity index (χ0n) is 24.4. The minimum atomic E-state index is -0.374. The number of fused-ring (bicyclic) bond motifs is 2. The molecule has 2 aliphatic rings.